The molecule has 0 radical (unpaired) electrons. The zero-order valence-corrected chi connectivity index (χ0v) is 23.2. The predicted octanol–water partition coefficient (Wildman–Crippen LogP) is 5.72. The summed E-state index contributed by atoms with van der Waals surface area (Å²) >= 11 is 0. The SMILES string of the molecule is CCN(CC)CCCNc1c2ccccc2[n+](C)c2c1oc1ccc(OCC[N+]3(C)CCCCC3)cc12. The molecule has 3 heterocycles. The highest BCUT2D eigenvalue weighted by atomic mass is 16.5. The third-order valence-electron chi connectivity index (χ3n) is 8.37. The highest BCUT2D eigenvalue weighted by Crippen LogP contribution is 2.37. The number of aryl methyl sites for hydroxylation is 1. The van der Waals surface area contributed by atoms with Gasteiger partial charge in [-0.3, -0.25) is 0 Å². The van der Waals surface area contributed by atoms with Crippen molar-refractivity contribution >= 4 is 38.7 Å². The van der Waals surface area contributed by atoms with Crippen LogP contribution < -0.4 is 14.6 Å². The summed E-state index contributed by atoms with van der Waals surface area (Å²) in [5.41, 5.74) is 5.21. The largest absolute Gasteiger partial charge is 0.488 e. The second-order valence-electron chi connectivity index (χ2n) is 10.9. The molecular weight excluding hydrogens is 460 g/mol. The molecule has 6 nitrogen and oxygen atoms in total. The monoisotopic (exact) mass is 504 g/mol. The summed E-state index contributed by atoms with van der Waals surface area (Å²) in [6.45, 7) is 13.0. The molecule has 1 aliphatic rings. The van der Waals surface area contributed by atoms with Crippen molar-refractivity contribution in [3.8, 4) is 5.75 Å². The van der Waals surface area contributed by atoms with Gasteiger partial charge in [0, 0.05) is 12.6 Å². The molecule has 0 amide bonds. The van der Waals surface area contributed by atoms with E-state index in [0.717, 1.165) is 83.7 Å². The number of hydrogen-bond acceptors (Lipinski definition) is 4. The van der Waals surface area contributed by atoms with E-state index in [-0.39, 0.29) is 0 Å². The number of pyridine rings is 1. The number of piperidine rings is 1. The molecule has 1 N–H and O–H groups in total. The molecule has 0 atom stereocenters. The van der Waals surface area contributed by atoms with Crippen LogP contribution in [0.3, 0.4) is 0 Å². The van der Waals surface area contributed by atoms with E-state index in [1.54, 1.807) is 0 Å². The molecular formula is C31H44N4O2+2. The fraction of sp³-hybridized carbons (Fsp3) is 0.516. The first-order valence-corrected chi connectivity index (χ1v) is 14.2. The average Bonchev–Trinajstić information content (AvgIpc) is 3.30. The number of likely N-dealkylation sites (tertiary alicyclic amines) is 1. The zero-order chi connectivity index (χ0) is 25.8. The molecule has 1 aliphatic heterocycles. The highest BCUT2D eigenvalue weighted by Gasteiger charge is 2.26. The topological polar surface area (TPSA) is 41.5 Å². The highest BCUT2D eigenvalue weighted by molar-refractivity contribution is 6.11. The summed E-state index contributed by atoms with van der Waals surface area (Å²) < 4.78 is 16.2. The van der Waals surface area contributed by atoms with Gasteiger partial charge in [0.05, 0.1) is 36.6 Å². The van der Waals surface area contributed by atoms with Crippen molar-refractivity contribution in [2.24, 2.45) is 7.05 Å². The van der Waals surface area contributed by atoms with Gasteiger partial charge in [-0.2, -0.15) is 4.57 Å². The number of para-hydroxylation sites is 1. The summed E-state index contributed by atoms with van der Waals surface area (Å²) in [7, 11) is 4.51. The van der Waals surface area contributed by atoms with Crippen LogP contribution in [0.5, 0.6) is 5.75 Å². The van der Waals surface area contributed by atoms with E-state index in [1.807, 2.05) is 0 Å². The minimum Gasteiger partial charge on any atom is -0.488 e. The van der Waals surface area contributed by atoms with Gasteiger partial charge in [-0.15, -0.1) is 0 Å². The lowest BCUT2D eigenvalue weighted by molar-refractivity contribution is -0.914. The number of fused-ring (bicyclic) bond motifs is 4. The van der Waals surface area contributed by atoms with Crippen LogP contribution in [0.2, 0.25) is 0 Å². The Balaban J connectivity index is 1.44. The van der Waals surface area contributed by atoms with Crippen LogP contribution >= 0.6 is 0 Å². The Morgan fingerprint density at radius 2 is 1.81 bits per heavy atom. The first kappa shape index (κ1) is 25.8. The molecule has 0 saturated carbocycles. The number of hydrogen-bond donors (Lipinski definition) is 1. The van der Waals surface area contributed by atoms with E-state index < -0.39 is 0 Å². The van der Waals surface area contributed by atoms with Gasteiger partial charge < -0.3 is 23.9 Å². The van der Waals surface area contributed by atoms with E-state index in [2.05, 4.69) is 85.2 Å². The minimum atomic E-state index is 0.742. The van der Waals surface area contributed by atoms with Gasteiger partial charge in [-0.1, -0.05) is 26.0 Å². The second kappa shape index (κ2) is 11.3. The normalized spacial score (nSPS) is 15.7. The van der Waals surface area contributed by atoms with Crippen LogP contribution in [0, 0.1) is 0 Å². The average molecular weight is 505 g/mol. The lowest BCUT2D eigenvalue weighted by Gasteiger charge is -2.37. The Labute approximate surface area is 221 Å². The van der Waals surface area contributed by atoms with Crippen LogP contribution in [0.4, 0.5) is 5.69 Å². The maximum absolute atomic E-state index is 6.51. The number of quaternary nitrogens is 1. The van der Waals surface area contributed by atoms with Gasteiger partial charge in [0.15, 0.2) is 0 Å². The standard InChI is InChI=1S/C31H43N4O2/c1-5-34(6-2)18-12-17-32-29-25-13-8-9-14-27(25)33(3)30-26-23-24(15-16-28(26)37-31(29)30)36-22-21-35(4)19-10-7-11-20-35/h8-9,13-16,23H,5-7,10-12,17-22H2,1-4H3/q+1/p+1. The Morgan fingerprint density at radius 3 is 2.59 bits per heavy atom. The number of likely N-dealkylation sites (N-methyl/N-ethyl adjacent to an activating group) is 1. The number of ether oxygens (including phenoxy) is 1. The Hall–Kier alpha value is -2.83. The molecule has 1 saturated heterocycles. The van der Waals surface area contributed by atoms with Gasteiger partial charge >= 0.3 is 0 Å². The number of rotatable bonds is 11. The van der Waals surface area contributed by atoms with Crippen LogP contribution in [0.15, 0.2) is 46.9 Å². The Bertz CT molecular complexity index is 1350. The van der Waals surface area contributed by atoms with Crippen molar-refractivity contribution in [2.75, 3.05) is 64.8 Å². The zero-order valence-electron chi connectivity index (χ0n) is 23.2. The quantitative estimate of drug-likeness (QED) is 0.161. The van der Waals surface area contributed by atoms with Crippen molar-refractivity contribution < 1.29 is 18.2 Å². The summed E-state index contributed by atoms with van der Waals surface area (Å²) in [4.78, 5) is 2.47. The molecule has 1 fully saturated rings. The molecule has 0 bridgehead atoms. The molecule has 4 aromatic rings. The van der Waals surface area contributed by atoms with Crippen molar-refractivity contribution in [3.63, 3.8) is 0 Å². The van der Waals surface area contributed by atoms with Gasteiger partial charge in [0.25, 0.3) is 5.52 Å². The summed E-state index contributed by atoms with van der Waals surface area (Å²) in [5.74, 6) is 0.917. The van der Waals surface area contributed by atoms with Gasteiger partial charge in [-0.05, 0) is 69.6 Å². The number of furan rings is 1. The molecule has 5 rings (SSSR count). The van der Waals surface area contributed by atoms with Crippen LogP contribution in [-0.2, 0) is 7.05 Å². The maximum atomic E-state index is 6.51. The Kier molecular flexibility index (Phi) is 7.87. The van der Waals surface area contributed by atoms with Gasteiger partial charge in [0.1, 0.15) is 31.5 Å². The molecule has 0 spiro atoms. The maximum Gasteiger partial charge on any atom is 0.261 e. The number of anilines is 1. The minimum absolute atomic E-state index is 0.742. The number of aromatic nitrogens is 1. The van der Waals surface area contributed by atoms with E-state index in [4.69, 9.17) is 9.15 Å². The molecule has 6 heteroatoms. The molecule has 198 valence electrons. The van der Waals surface area contributed by atoms with Gasteiger partial charge in [-0.25, -0.2) is 0 Å². The lowest BCUT2D eigenvalue weighted by Crippen LogP contribution is -2.50. The molecule has 2 aromatic carbocycles. The van der Waals surface area contributed by atoms with E-state index in [9.17, 15) is 0 Å². The first-order chi connectivity index (χ1) is 18.0. The third kappa shape index (κ3) is 5.41. The fourth-order valence-corrected chi connectivity index (χ4v) is 5.99. The van der Waals surface area contributed by atoms with E-state index >= 15 is 0 Å². The molecule has 37 heavy (non-hydrogen) atoms. The van der Waals surface area contributed by atoms with Crippen LogP contribution in [0.25, 0.3) is 33.0 Å². The van der Waals surface area contributed by atoms with Crippen LogP contribution in [-0.4, -0.2) is 68.9 Å². The van der Waals surface area contributed by atoms with Gasteiger partial charge in [0.2, 0.25) is 11.1 Å². The molecule has 0 aliphatic carbocycles. The molecule has 0 unspecified atom stereocenters. The second-order valence-corrected chi connectivity index (χ2v) is 10.9. The third-order valence-corrected chi connectivity index (χ3v) is 8.37. The van der Waals surface area contributed by atoms with Crippen LogP contribution in [0.1, 0.15) is 39.5 Å². The molecule has 2 aromatic heterocycles. The van der Waals surface area contributed by atoms with E-state index in [0.29, 0.717) is 0 Å². The van der Waals surface area contributed by atoms with Crippen molar-refractivity contribution in [1.82, 2.24) is 4.90 Å². The van der Waals surface area contributed by atoms with Crippen molar-refractivity contribution in [3.05, 3.63) is 42.5 Å². The Morgan fingerprint density at radius 1 is 1.03 bits per heavy atom. The number of nitrogens with zero attached hydrogens (tertiary/aromatic N) is 3. The summed E-state index contributed by atoms with van der Waals surface area (Å²) in [6.07, 6.45) is 5.13. The predicted molar refractivity (Wildman–Crippen MR) is 153 cm³/mol. The fourth-order valence-electron chi connectivity index (χ4n) is 5.99. The lowest BCUT2D eigenvalue weighted by atomic mass is 10.1. The van der Waals surface area contributed by atoms with Crippen molar-refractivity contribution in [2.45, 2.75) is 39.5 Å². The number of benzene rings is 2. The first-order valence-electron chi connectivity index (χ1n) is 14.2. The van der Waals surface area contributed by atoms with Crippen molar-refractivity contribution in [1.29, 1.82) is 0 Å². The summed E-state index contributed by atoms with van der Waals surface area (Å²) in [5, 5.41) is 6.04. The number of nitrogens with one attached hydrogen (secondary N) is 1. The summed E-state index contributed by atoms with van der Waals surface area (Å²) in [6, 6.07) is 14.9. The smallest absolute Gasteiger partial charge is 0.261 e. The van der Waals surface area contributed by atoms with E-state index in [1.165, 1.54) is 43.3 Å².